The standard InChI is InChI=1S/C21H28N2O.C13H26N2.C2H6/c1-5-6-7-9-18(2)16-22-15-12-20(24)23(17-22)19-10-8-13-21(3,4)14-11-19;1-12(14-2)15-13-10-8-6-4-3-5-7-9-11-13;1-2/h5-11,13-14H,2,12,15-17H2,1,3-4H3;13-15H,1,3-11H2,2H3;1-2H3/b6-5-,9-7-;;. The number of carbonyl (C=O) groups is 1. The zero-order chi connectivity index (χ0) is 30.5. The zero-order valence-electron chi connectivity index (χ0n) is 27.2. The lowest BCUT2D eigenvalue weighted by Gasteiger charge is -2.36. The normalized spacial score (nSPS) is 20.3. The summed E-state index contributed by atoms with van der Waals surface area (Å²) in [7, 11) is 1.93. The molecule has 0 aromatic heterocycles. The third-order valence-corrected chi connectivity index (χ3v) is 7.42. The van der Waals surface area contributed by atoms with Crippen LogP contribution in [0.15, 0.2) is 84.9 Å². The molecular formula is C36H60N4O. The molecule has 0 unspecified atom stereocenters. The van der Waals surface area contributed by atoms with Crippen LogP contribution in [0, 0.1) is 5.41 Å². The fraction of sp³-hybridized carbons (Fsp3) is 0.583. The number of rotatable bonds is 8. The van der Waals surface area contributed by atoms with E-state index in [-0.39, 0.29) is 11.3 Å². The van der Waals surface area contributed by atoms with E-state index in [0.717, 1.165) is 30.2 Å². The van der Waals surface area contributed by atoms with Crippen LogP contribution < -0.4 is 10.6 Å². The molecule has 0 spiro atoms. The number of allylic oxidation sites excluding steroid dienone is 8. The Kier molecular flexibility index (Phi) is 18.6. The average Bonchev–Trinajstić information content (AvgIpc) is 3.15. The molecule has 2 N–H and O–H groups in total. The van der Waals surface area contributed by atoms with Gasteiger partial charge in [-0.2, -0.15) is 0 Å². The molecule has 3 rings (SSSR count). The van der Waals surface area contributed by atoms with Crippen LogP contribution in [0.2, 0.25) is 0 Å². The molecule has 0 radical (unpaired) electrons. The SMILES string of the molecule is C=C(/C=C\C=C/C)CN1CCC(=O)N(C2=CC=CC(C)(C)C=C2)C1.C=C(NC)NC1CCCCCCCCC1.CC. The highest BCUT2D eigenvalue weighted by atomic mass is 16.2. The summed E-state index contributed by atoms with van der Waals surface area (Å²) >= 11 is 0. The maximum atomic E-state index is 12.4. The fourth-order valence-corrected chi connectivity index (χ4v) is 4.99. The highest BCUT2D eigenvalue weighted by molar-refractivity contribution is 5.79. The van der Waals surface area contributed by atoms with Gasteiger partial charge in [0.1, 0.15) is 0 Å². The van der Waals surface area contributed by atoms with Crippen molar-refractivity contribution in [3.05, 3.63) is 84.9 Å². The van der Waals surface area contributed by atoms with Gasteiger partial charge in [-0.25, -0.2) is 0 Å². The molecule has 1 aliphatic heterocycles. The minimum absolute atomic E-state index is 0.0165. The highest BCUT2D eigenvalue weighted by Crippen LogP contribution is 2.25. The van der Waals surface area contributed by atoms with E-state index in [0.29, 0.717) is 19.1 Å². The van der Waals surface area contributed by atoms with E-state index >= 15 is 0 Å². The summed E-state index contributed by atoms with van der Waals surface area (Å²) in [4.78, 5) is 16.5. The molecule has 0 bridgehead atoms. The Balaban J connectivity index is 0.000000425. The second-order valence-electron chi connectivity index (χ2n) is 11.5. The largest absolute Gasteiger partial charge is 0.375 e. The molecule has 0 atom stereocenters. The van der Waals surface area contributed by atoms with E-state index < -0.39 is 0 Å². The van der Waals surface area contributed by atoms with E-state index in [1.54, 1.807) is 0 Å². The third kappa shape index (κ3) is 15.7. The van der Waals surface area contributed by atoms with Crippen molar-refractivity contribution < 1.29 is 4.79 Å². The number of hydrogen-bond acceptors (Lipinski definition) is 4. The molecule has 5 heteroatoms. The fourth-order valence-electron chi connectivity index (χ4n) is 4.99. The number of nitrogens with one attached hydrogen (secondary N) is 2. The van der Waals surface area contributed by atoms with Crippen molar-refractivity contribution in [1.29, 1.82) is 0 Å². The van der Waals surface area contributed by atoms with Crippen LogP contribution in [0.5, 0.6) is 0 Å². The van der Waals surface area contributed by atoms with Gasteiger partial charge in [-0.05, 0) is 37.5 Å². The first-order valence-electron chi connectivity index (χ1n) is 16.0. The average molecular weight is 565 g/mol. The Morgan fingerprint density at radius 2 is 1.66 bits per heavy atom. The molecule has 1 heterocycles. The minimum Gasteiger partial charge on any atom is -0.375 e. The summed E-state index contributed by atoms with van der Waals surface area (Å²) in [5.74, 6) is 1.15. The van der Waals surface area contributed by atoms with Crippen LogP contribution in [0.4, 0.5) is 0 Å². The van der Waals surface area contributed by atoms with Crippen LogP contribution in [0.1, 0.15) is 98.8 Å². The Morgan fingerprint density at radius 1 is 1.02 bits per heavy atom. The molecule has 2 fully saturated rings. The topological polar surface area (TPSA) is 47.6 Å². The lowest BCUT2D eigenvalue weighted by molar-refractivity contribution is -0.134. The van der Waals surface area contributed by atoms with Crippen molar-refractivity contribution in [3.8, 4) is 0 Å². The van der Waals surface area contributed by atoms with E-state index in [2.05, 4.69) is 60.8 Å². The predicted molar refractivity (Wildman–Crippen MR) is 179 cm³/mol. The summed E-state index contributed by atoms with van der Waals surface area (Å²) in [5.41, 5.74) is 2.03. The Hall–Kier alpha value is -2.79. The summed E-state index contributed by atoms with van der Waals surface area (Å²) in [6.07, 6.45) is 31.4. The Labute approximate surface area is 252 Å². The van der Waals surface area contributed by atoms with Crippen molar-refractivity contribution in [3.63, 3.8) is 0 Å². The second-order valence-corrected chi connectivity index (χ2v) is 11.5. The maximum Gasteiger partial charge on any atom is 0.229 e. The van der Waals surface area contributed by atoms with Gasteiger partial charge in [-0.3, -0.25) is 14.6 Å². The van der Waals surface area contributed by atoms with Crippen LogP contribution in [0.25, 0.3) is 0 Å². The van der Waals surface area contributed by atoms with Crippen LogP contribution in [-0.2, 0) is 4.79 Å². The van der Waals surface area contributed by atoms with Gasteiger partial charge in [0.05, 0.1) is 12.5 Å². The van der Waals surface area contributed by atoms with E-state index in [9.17, 15) is 4.79 Å². The molecule has 5 nitrogen and oxygen atoms in total. The predicted octanol–water partition coefficient (Wildman–Crippen LogP) is 8.39. The zero-order valence-corrected chi connectivity index (χ0v) is 27.2. The monoisotopic (exact) mass is 564 g/mol. The van der Waals surface area contributed by atoms with Gasteiger partial charge in [-0.1, -0.05) is 128 Å². The van der Waals surface area contributed by atoms with Crippen molar-refractivity contribution >= 4 is 5.91 Å². The summed E-state index contributed by atoms with van der Waals surface area (Å²) < 4.78 is 0. The van der Waals surface area contributed by atoms with Gasteiger partial charge >= 0.3 is 0 Å². The van der Waals surface area contributed by atoms with Crippen molar-refractivity contribution in [2.24, 2.45) is 5.41 Å². The van der Waals surface area contributed by atoms with Crippen LogP contribution >= 0.6 is 0 Å². The molecule has 230 valence electrons. The van der Waals surface area contributed by atoms with E-state index in [1.165, 1.54) is 57.8 Å². The second kappa shape index (κ2) is 21.0. The van der Waals surface area contributed by atoms with Gasteiger partial charge in [-0.15, -0.1) is 0 Å². The lowest BCUT2D eigenvalue weighted by Crippen LogP contribution is -2.47. The molecule has 41 heavy (non-hydrogen) atoms. The molecule has 1 saturated heterocycles. The number of nitrogens with zero attached hydrogens (tertiary/aromatic N) is 2. The van der Waals surface area contributed by atoms with Crippen molar-refractivity contribution in [1.82, 2.24) is 20.4 Å². The first kappa shape index (κ1) is 36.2. The number of hydrogen-bond donors (Lipinski definition) is 2. The smallest absolute Gasteiger partial charge is 0.229 e. The maximum absolute atomic E-state index is 12.4. The first-order valence-corrected chi connectivity index (χ1v) is 16.0. The van der Waals surface area contributed by atoms with Gasteiger partial charge in [0, 0.05) is 43.7 Å². The molecule has 0 aromatic rings. The Morgan fingerprint density at radius 3 is 2.27 bits per heavy atom. The Bertz CT molecular complexity index is 927. The van der Waals surface area contributed by atoms with Gasteiger partial charge in [0.2, 0.25) is 5.91 Å². The van der Waals surface area contributed by atoms with Gasteiger partial charge in [0.15, 0.2) is 0 Å². The number of carbonyl (C=O) groups excluding carboxylic acids is 1. The summed E-state index contributed by atoms with van der Waals surface area (Å²) in [5, 5.41) is 6.55. The van der Waals surface area contributed by atoms with Crippen LogP contribution in [0.3, 0.4) is 0 Å². The molecule has 0 aromatic carbocycles. The molecule has 1 saturated carbocycles. The highest BCUT2D eigenvalue weighted by Gasteiger charge is 2.26. The summed E-state index contributed by atoms with van der Waals surface area (Å²) in [6.45, 7) is 20.5. The molecule has 2 aliphatic carbocycles. The lowest BCUT2D eigenvalue weighted by atomic mass is 9.93. The van der Waals surface area contributed by atoms with Crippen LogP contribution in [-0.4, -0.2) is 48.6 Å². The minimum atomic E-state index is 0.0165. The van der Waals surface area contributed by atoms with Crippen molar-refractivity contribution in [2.75, 3.05) is 26.8 Å². The molecule has 3 aliphatic rings. The molecule has 1 amide bonds. The van der Waals surface area contributed by atoms with Gasteiger partial charge < -0.3 is 10.6 Å². The first-order chi connectivity index (χ1) is 19.7. The van der Waals surface area contributed by atoms with E-state index in [4.69, 9.17) is 0 Å². The third-order valence-electron chi connectivity index (χ3n) is 7.42. The van der Waals surface area contributed by atoms with Crippen molar-refractivity contribution in [2.45, 2.75) is 105 Å². The molecular weight excluding hydrogens is 504 g/mol. The van der Waals surface area contributed by atoms with E-state index in [1.807, 2.05) is 69.2 Å². The summed E-state index contributed by atoms with van der Waals surface area (Å²) in [6, 6.07) is 0.642. The number of amides is 1. The van der Waals surface area contributed by atoms with Gasteiger partial charge in [0.25, 0.3) is 0 Å². The quantitative estimate of drug-likeness (QED) is 0.291.